The van der Waals surface area contributed by atoms with Gasteiger partial charge in [-0.2, -0.15) is 0 Å². The zero-order chi connectivity index (χ0) is 13.7. The molecule has 1 rings (SSSR count). The minimum atomic E-state index is -1.31. The fourth-order valence-electron chi connectivity index (χ4n) is 1.46. The first-order valence-corrected chi connectivity index (χ1v) is 5.15. The summed E-state index contributed by atoms with van der Waals surface area (Å²) in [5.41, 5.74) is 0.283. The molecule has 0 radical (unpaired) electrons. The lowest BCUT2D eigenvalue weighted by atomic mass is 9.97. The van der Waals surface area contributed by atoms with Gasteiger partial charge in [0.1, 0.15) is 6.10 Å². The maximum atomic E-state index is 11.5. The minimum Gasteiger partial charge on any atom is -0.466 e. The van der Waals surface area contributed by atoms with Gasteiger partial charge in [-0.25, -0.2) is 9.59 Å². The third-order valence-corrected chi connectivity index (χ3v) is 2.44. The molecule has 0 aliphatic rings. The van der Waals surface area contributed by atoms with Crippen molar-refractivity contribution in [1.29, 1.82) is 0 Å². The summed E-state index contributed by atoms with van der Waals surface area (Å²) < 4.78 is 9.06. The number of carbonyl (C=O) groups is 2. The molecule has 1 aromatic carbocycles. The predicted molar refractivity (Wildman–Crippen MR) is 63.9 cm³/mol. The van der Waals surface area contributed by atoms with E-state index in [-0.39, 0.29) is 16.7 Å². The van der Waals surface area contributed by atoms with Crippen molar-refractivity contribution in [3.8, 4) is 0 Å². The van der Waals surface area contributed by atoms with Crippen molar-refractivity contribution in [2.24, 2.45) is 0 Å². The molecule has 0 aromatic heterocycles. The van der Waals surface area contributed by atoms with E-state index in [9.17, 15) is 14.7 Å². The molecule has 18 heavy (non-hydrogen) atoms. The lowest BCUT2D eigenvalue weighted by Crippen LogP contribution is -2.15. The summed E-state index contributed by atoms with van der Waals surface area (Å²) in [6, 6.07) is 6.28. The molecule has 5 nitrogen and oxygen atoms in total. The van der Waals surface area contributed by atoms with Crippen LogP contribution in [-0.4, -0.2) is 31.3 Å². The van der Waals surface area contributed by atoms with E-state index in [1.807, 2.05) is 0 Å². The van der Waals surface area contributed by atoms with Crippen LogP contribution in [0.25, 0.3) is 0 Å². The highest BCUT2D eigenvalue weighted by atomic mass is 16.5. The Morgan fingerprint density at radius 2 is 1.83 bits per heavy atom. The number of methoxy groups -OCH3 is 2. The minimum absolute atomic E-state index is 0.145. The largest absolute Gasteiger partial charge is 0.466 e. The van der Waals surface area contributed by atoms with E-state index in [1.165, 1.54) is 26.4 Å². The van der Waals surface area contributed by atoms with Crippen LogP contribution in [0, 0.1) is 0 Å². The van der Waals surface area contributed by atoms with Gasteiger partial charge in [0.25, 0.3) is 0 Å². The molecular weight excluding hydrogens is 236 g/mol. The number of ether oxygens (including phenoxy) is 2. The van der Waals surface area contributed by atoms with Crippen LogP contribution in [0.4, 0.5) is 0 Å². The molecule has 0 spiro atoms. The van der Waals surface area contributed by atoms with Crippen molar-refractivity contribution in [3.63, 3.8) is 0 Å². The van der Waals surface area contributed by atoms with Crippen molar-refractivity contribution in [1.82, 2.24) is 0 Å². The van der Waals surface area contributed by atoms with Gasteiger partial charge in [-0.15, -0.1) is 0 Å². The lowest BCUT2D eigenvalue weighted by molar-refractivity contribution is -0.137. The van der Waals surface area contributed by atoms with Crippen molar-refractivity contribution in [2.75, 3.05) is 14.2 Å². The molecule has 0 bridgehead atoms. The molecular formula is C13H14O5. The second-order valence-corrected chi connectivity index (χ2v) is 3.50. The fourth-order valence-corrected chi connectivity index (χ4v) is 1.46. The highest BCUT2D eigenvalue weighted by Gasteiger charge is 2.23. The van der Waals surface area contributed by atoms with E-state index in [0.717, 1.165) is 0 Å². The zero-order valence-electron chi connectivity index (χ0n) is 10.2. The van der Waals surface area contributed by atoms with Crippen LogP contribution in [0.3, 0.4) is 0 Å². The topological polar surface area (TPSA) is 72.8 Å². The molecule has 0 saturated heterocycles. The summed E-state index contributed by atoms with van der Waals surface area (Å²) in [4.78, 5) is 22.8. The van der Waals surface area contributed by atoms with Crippen LogP contribution in [0.15, 0.2) is 36.4 Å². The first-order chi connectivity index (χ1) is 8.52. The molecule has 0 aliphatic carbocycles. The molecule has 1 aromatic rings. The molecule has 1 atom stereocenters. The second-order valence-electron chi connectivity index (χ2n) is 3.50. The smallest absolute Gasteiger partial charge is 0.338 e. The number of hydrogen-bond donors (Lipinski definition) is 1. The molecule has 1 unspecified atom stereocenters. The highest BCUT2D eigenvalue weighted by Crippen LogP contribution is 2.25. The monoisotopic (exact) mass is 250 g/mol. The maximum absolute atomic E-state index is 11.5. The van der Waals surface area contributed by atoms with Crippen LogP contribution in [0.2, 0.25) is 0 Å². The third-order valence-electron chi connectivity index (χ3n) is 2.44. The van der Waals surface area contributed by atoms with Gasteiger partial charge < -0.3 is 14.6 Å². The summed E-state index contributed by atoms with van der Waals surface area (Å²) >= 11 is 0. The van der Waals surface area contributed by atoms with E-state index >= 15 is 0 Å². The molecule has 5 heteroatoms. The average Bonchev–Trinajstić information content (AvgIpc) is 2.43. The van der Waals surface area contributed by atoms with Gasteiger partial charge in [0.2, 0.25) is 0 Å². The molecule has 0 fully saturated rings. The Morgan fingerprint density at radius 1 is 1.22 bits per heavy atom. The SMILES string of the molecule is C=C(C(=O)OC)C(O)c1ccccc1C(=O)OC. The summed E-state index contributed by atoms with van der Waals surface area (Å²) in [6.07, 6.45) is -1.31. The Labute approximate surface area is 105 Å². The van der Waals surface area contributed by atoms with Crippen molar-refractivity contribution >= 4 is 11.9 Å². The van der Waals surface area contributed by atoms with Crippen LogP contribution >= 0.6 is 0 Å². The van der Waals surface area contributed by atoms with E-state index in [1.54, 1.807) is 12.1 Å². The van der Waals surface area contributed by atoms with Gasteiger partial charge in [-0.05, 0) is 11.6 Å². The number of aliphatic hydroxyl groups excluding tert-OH is 1. The zero-order valence-corrected chi connectivity index (χ0v) is 10.2. The predicted octanol–water partition coefficient (Wildman–Crippen LogP) is 1.24. The van der Waals surface area contributed by atoms with E-state index in [0.29, 0.717) is 0 Å². The quantitative estimate of drug-likeness (QED) is 0.642. The van der Waals surface area contributed by atoms with Gasteiger partial charge in [-0.3, -0.25) is 0 Å². The average molecular weight is 250 g/mol. The fraction of sp³-hybridized carbons (Fsp3) is 0.231. The Balaban J connectivity index is 3.13. The number of carbonyl (C=O) groups excluding carboxylic acids is 2. The molecule has 0 heterocycles. The first-order valence-electron chi connectivity index (χ1n) is 5.15. The van der Waals surface area contributed by atoms with Gasteiger partial charge in [0, 0.05) is 0 Å². The van der Waals surface area contributed by atoms with E-state index in [2.05, 4.69) is 16.1 Å². The molecule has 0 saturated carbocycles. The Bertz CT molecular complexity index is 478. The number of rotatable bonds is 4. The second kappa shape index (κ2) is 5.97. The summed E-state index contributed by atoms with van der Waals surface area (Å²) in [5, 5.41) is 10.0. The van der Waals surface area contributed by atoms with Crippen LogP contribution in [0.1, 0.15) is 22.0 Å². The summed E-state index contributed by atoms with van der Waals surface area (Å²) in [5.74, 6) is -1.33. The van der Waals surface area contributed by atoms with Gasteiger partial charge in [0.15, 0.2) is 0 Å². The standard InChI is InChI=1S/C13H14O5/c1-8(12(15)17-2)11(14)9-6-4-5-7-10(9)13(16)18-3/h4-7,11,14H,1H2,2-3H3. The van der Waals surface area contributed by atoms with Crippen LogP contribution in [-0.2, 0) is 14.3 Å². The number of benzene rings is 1. The Kier molecular flexibility index (Phi) is 4.62. The molecule has 0 aliphatic heterocycles. The van der Waals surface area contributed by atoms with Gasteiger partial charge in [0.05, 0.1) is 25.4 Å². The van der Waals surface area contributed by atoms with Crippen molar-refractivity contribution < 1.29 is 24.2 Å². The number of esters is 2. The maximum Gasteiger partial charge on any atom is 0.338 e. The van der Waals surface area contributed by atoms with Crippen LogP contribution < -0.4 is 0 Å². The van der Waals surface area contributed by atoms with E-state index < -0.39 is 18.0 Å². The summed E-state index contributed by atoms with van der Waals surface area (Å²) in [6.45, 7) is 3.45. The summed E-state index contributed by atoms with van der Waals surface area (Å²) in [7, 11) is 2.42. The van der Waals surface area contributed by atoms with Gasteiger partial charge >= 0.3 is 11.9 Å². The van der Waals surface area contributed by atoms with Crippen molar-refractivity contribution in [3.05, 3.63) is 47.5 Å². The first kappa shape index (κ1) is 13.9. The highest BCUT2D eigenvalue weighted by molar-refractivity contribution is 5.93. The third kappa shape index (κ3) is 2.75. The normalized spacial score (nSPS) is 11.5. The van der Waals surface area contributed by atoms with E-state index in [4.69, 9.17) is 0 Å². The molecule has 0 amide bonds. The Hall–Kier alpha value is -2.14. The van der Waals surface area contributed by atoms with Gasteiger partial charge in [-0.1, -0.05) is 24.8 Å². The number of hydrogen-bond acceptors (Lipinski definition) is 5. The van der Waals surface area contributed by atoms with Crippen LogP contribution in [0.5, 0.6) is 0 Å². The number of aliphatic hydroxyl groups is 1. The molecule has 96 valence electrons. The Morgan fingerprint density at radius 3 is 2.39 bits per heavy atom. The lowest BCUT2D eigenvalue weighted by Gasteiger charge is -2.15. The molecule has 1 N–H and O–H groups in total. The van der Waals surface area contributed by atoms with Crippen molar-refractivity contribution in [2.45, 2.75) is 6.10 Å².